The van der Waals surface area contributed by atoms with Gasteiger partial charge in [-0.1, -0.05) is 29.8 Å². The molecule has 3 heteroatoms. The van der Waals surface area contributed by atoms with Gasteiger partial charge < -0.3 is 5.11 Å². The van der Waals surface area contributed by atoms with E-state index in [4.69, 9.17) is 5.11 Å². The Morgan fingerprint density at radius 2 is 1.83 bits per heavy atom. The molecule has 1 N–H and O–H groups in total. The zero-order valence-corrected chi connectivity index (χ0v) is 11.5. The number of carbonyl (C=O) groups excluding carboxylic acids is 1. The van der Waals surface area contributed by atoms with Gasteiger partial charge in [-0.25, -0.2) is 0 Å². The van der Waals surface area contributed by atoms with Gasteiger partial charge in [0, 0.05) is 31.1 Å². The van der Waals surface area contributed by atoms with Crippen LogP contribution < -0.4 is 0 Å². The van der Waals surface area contributed by atoms with Crippen molar-refractivity contribution >= 4 is 5.78 Å². The standard InChI is InChI=1S/C15H23NO2/c1-12(2)16(10-11-17)9-8-15(18)14-6-4-13(3)5-7-14/h4-7,12,17H,8-11H2,1-3H3. The minimum absolute atomic E-state index is 0.136. The number of benzene rings is 1. The molecule has 0 amide bonds. The van der Waals surface area contributed by atoms with Gasteiger partial charge in [-0.05, 0) is 20.8 Å². The van der Waals surface area contributed by atoms with Crippen LogP contribution in [0, 0.1) is 6.92 Å². The molecule has 0 heterocycles. The molecular formula is C15H23NO2. The number of hydrogen-bond acceptors (Lipinski definition) is 3. The van der Waals surface area contributed by atoms with Crippen LogP contribution in [-0.2, 0) is 0 Å². The summed E-state index contributed by atoms with van der Waals surface area (Å²) < 4.78 is 0. The SMILES string of the molecule is Cc1ccc(C(=O)CCN(CCO)C(C)C)cc1. The molecule has 0 atom stereocenters. The number of ketones is 1. The molecule has 0 bridgehead atoms. The summed E-state index contributed by atoms with van der Waals surface area (Å²) in [6.45, 7) is 7.62. The summed E-state index contributed by atoms with van der Waals surface area (Å²) in [4.78, 5) is 14.1. The van der Waals surface area contributed by atoms with E-state index in [0.717, 1.165) is 11.1 Å². The Hall–Kier alpha value is -1.19. The smallest absolute Gasteiger partial charge is 0.164 e. The molecular weight excluding hydrogens is 226 g/mol. The van der Waals surface area contributed by atoms with Crippen LogP contribution in [0.25, 0.3) is 0 Å². The number of carbonyl (C=O) groups is 1. The first-order chi connectivity index (χ1) is 8.54. The normalized spacial score (nSPS) is 11.2. The first-order valence-electron chi connectivity index (χ1n) is 6.49. The summed E-state index contributed by atoms with van der Waals surface area (Å²) in [6, 6.07) is 8.03. The molecule has 1 rings (SSSR count). The van der Waals surface area contributed by atoms with Crippen LogP contribution in [-0.4, -0.2) is 41.5 Å². The van der Waals surface area contributed by atoms with E-state index in [1.165, 1.54) is 0 Å². The Morgan fingerprint density at radius 3 is 2.33 bits per heavy atom. The van der Waals surface area contributed by atoms with Crippen molar-refractivity contribution in [3.63, 3.8) is 0 Å². The number of nitrogens with zero attached hydrogens (tertiary/aromatic N) is 1. The molecule has 0 saturated carbocycles. The third kappa shape index (κ3) is 4.59. The average molecular weight is 249 g/mol. The van der Waals surface area contributed by atoms with E-state index in [1.807, 2.05) is 31.2 Å². The summed E-state index contributed by atoms with van der Waals surface area (Å²) in [5.41, 5.74) is 1.93. The van der Waals surface area contributed by atoms with E-state index in [9.17, 15) is 4.79 Å². The van der Waals surface area contributed by atoms with Crippen LogP contribution in [0.1, 0.15) is 36.2 Å². The molecule has 0 fully saturated rings. The zero-order chi connectivity index (χ0) is 13.5. The van der Waals surface area contributed by atoms with Gasteiger partial charge in [0.1, 0.15) is 0 Å². The highest BCUT2D eigenvalue weighted by Gasteiger charge is 2.12. The Morgan fingerprint density at radius 1 is 1.22 bits per heavy atom. The van der Waals surface area contributed by atoms with Crippen LogP contribution in [0.2, 0.25) is 0 Å². The van der Waals surface area contributed by atoms with Gasteiger partial charge in [0.05, 0.1) is 6.61 Å². The fourth-order valence-corrected chi connectivity index (χ4v) is 1.89. The van der Waals surface area contributed by atoms with Gasteiger partial charge in [0.15, 0.2) is 5.78 Å². The summed E-state index contributed by atoms with van der Waals surface area (Å²) >= 11 is 0. The van der Waals surface area contributed by atoms with Gasteiger partial charge in [0.2, 0.25) is 0 Å². The van der Waals surface area contributed by atoms with Crippen molar-refractivity contribution in [2.45, 2.75) is 33.2 Å². The Balaban J connectivity index is 2.51. The fourth-order valence-electron chi connectivity index (χ4n) is 1.89. The maximum atomic E-state index is 12.0. The summed E-state index contributed by atoms with van der Waals surface area (Å²) in [5.74, 6) is 0.165. The predicted molar refractivity (Wildman–Crippen MR) is 73.9 cm³/mol. The molecule has 0 saturated heterocycles. The molecule has 0 aliphatic carbocycles. The Bertz CT molecular complexity index is 371. The van der Waals surface area contributed by atoms with Gasteiger partial charge in [0.25, 0.3) is 0 Å². The molecule has 18 heavy (non-hydrogen) atoms. The summed E-state index contributed by atoms with van der Waals surface area (Å²) in [6.07, 6.45) is 0.501. The number of aryl methyl sites for hydroxylation is 1. The molecule has 0 aliphatic rings. The maximum absolute atomic E-state index is 12.0. The quantitative estimate of drug-likeness (QED) is 0.754. The summed E-state index contributed by atoms with van der Waals surface area (Å²) in [7, 11) is 0. The molecule has 0 unspecified atom stereocenters. The van der Waals surface area contributed by atoms with E-state index >= 15 is 0 Å². The average Bonchev–Trinajstić information content (AvgIpc) is 2.34. The van der Waals surface area contributed by atoms with E-state index < -0.39 is 0 Å². The van der Waals surface area contributed by atoms with E-state index in [1.54, 1.807) is 0 Å². The molecule has 1 aromatic rings. The minimum atomic E-state index is 0.136. The maximum Gasteiger partial charge on any atom is 0.164 e. The number of rotatable bonds is 7. The molecule has 0 aliphatic heterocycles. The third-order valence-corrected chi connectivity index (χ3v) is 3.12. The van der Waals surface area contributed by atoms with Crippen molar-refractivity contribution in [1.82, 2.24) is 4.90 Å². The number of aliphatic hydroxyl groups excluding tert-OH is 1. The second kappa shape index (κ2) is 7.29. The monoisotopic (exact) mass is 249 g/mol. The Labute approximate surface area is 109 Å². The molecule has 100 valence electrons. The highest BCUT2D eigenvalue weighted by molar-refractivity contribution is 5.96. The molecule has 0 aromatic heterocycles. The largest absolute Gasteiger partial charge is 0.395 e. The number of hydrogen-bond donors (Lipinski definition) is 1. The van der Waals surface area contributed by atoms with Crippen LogP contribution in [0.4, 0.5) is 0 Å². The van der Waals surface area contributed by atoms with Crippen molar-refractivity contribution < 1.29 is 9.90 Å². The van der Waals surface area contributed by atoms with Gasteiger partial charge in [-0.2, -0.15) is 0 Å². The lowest BCUT2D eigenvalue weighted by molar-refractivity contribution is 0.0944. The first kappa shape index (κ1) is 14.9. The topological polar surface area (TPSA) is 40.5 Å². The van der Waals surface area contributed by atoms with Crippen molar-refractivity contribution in [3.8, 4) is 0 Å². The minimum Gasteiger partial charge on any atom is -0.395 e. The van der Waals surface area contributed by atoms with Gasteiger partial charge in [-0.3, -0.25) is 9.69 Å². The van der Waals surface area contributed by atoms with E-state index in [0.29, 0.717) is 25.6 Å². The molecule has 1 aromatic carbocycles. The number of aliphatic hydroxyl groups is 1. The predicted octanol–water partition coefficient (Wildman–Crippen LogP) is 2.27. The van der Waals surface area contributed by atoms with Crippen LogP contribution >= 0.6 is 0 Å². The number of Topliss-reactive ketones (excluding diaryl/α,β-unsaturated/α-hetero) is 1. The molecule has 0 radical (unpaired) electrons. The third-order valence-electron chi connectivity index (χ3n) is 3.12. The molecule has 3 nitrogen and oxygen atoms in total. The summed E-state index contributed by atoms with van der Waals surface area (Å²) in [5, 5.41) is 8.97. The van der Waals surface area contributed by atoms with Crippen LogP contribution in [0.3, 0.4) is 0 Å². The van der Waals surface area contributed by atoms with Crippen molar-refractivity contribution in [3.05, 3.63) is 35.4 Å². The van der Waals surface area contributed by atoms with Crippen molar-refractivity contribution in [1.29, 1.82) is 0 Å². The Kier molecular flexibility index (Phi) is 6.02. The van der Waals surface area contributed by atoms with Crippen molar-refractivity contribution in [2.75, 3.05) is 19.7 Å². The van der Waals surface area contributed by atoms with Crippen LogP contribution in [0.5, 0.6) is 0 Å². The van der Waals surface area contributed by atoms with E-state index in [2.05, 4.69) is 18.7 Å². The van der Waals surface area contributed by atoms with Gasteiger partial charge in [-0.15, -0.1) is 0 Å². The lowest BCUT2D eigenvalue weighted by Gasteiger charge is -2.25. The molecule has 0 spiro atoms. The fraction of sp³-hybridized carbons (Fsp3) is 0.533. The second-order valence-corrected chi connectivity index (χ2v) is 4.89. The highest BCUT2D eigenvalue weighted by atomic mass is 16.3. The second-order valence-electron chi connectivity index (χ2n) is 4.89. The lowest BCUT2D eigenvalue weighted by Crippen LogP contribution is -2.35. The lowest BCUT2D eigenvalue weighted by atomic mass is 10.1. The van der Waals surface area contributed by atoms with Crippen LogP contribution in [0.15, 0.2) is 24.3 Å². The highest BCUT2D eigenvalue weighted by Crippen LogP contribution is 2.08. The zero-order valence-electron chi connectivity index (χ0n) is 11.5. The van der Waals surface area contributed by atoms with Crippen molar-refractivity contribution in [2.24, 2.45) is 0 Å². The van der Waals surface area contributed by atoms with Gasteiger partial charge >= 0.3 is 0 Å². The van der Waals surface area contributed by atoms with E-state index in [-0.39, 0.29) is 12.4 Å². The first-order valence-corrected chi connectivity index (χ1v) is 6.49.